The van der Waals surface area contributed by atoms with E-state index in [1.54, 1.807) is 12.4 Å². The van der Waals surface area contributed by atoms with Crippen LogP contribution < -0.4 is 0 Å². The lowest BCUT2D eigenvalue weighted by Gasteiger charge is -2.36. The molecule has 2 nitrogen and oxygen atoms in total. The largest absolute Gasteiger partial charge is 0.254 e. The molecule has 0 aliphatic rings. The molecule has 5 aromatic carbocycles. The predicted octanol–water partition coefficient (Wildman–Crippen LogP) is 8.85. The molecular formula is C37H28N2. The molecule has 0 amide bonds. The molecule has 0 fully saturated rings. The molecule has 0 saturated heterocycles. The molecule has 2 heteroatoms. The van der Waals surface area contributed by atoms with Gasteiger partial charge in [-0.1, -0.05) is 146 Å². The lowest BCUT2D eigenvalue weighted by atomic mass is 9.65. The van der Waals surface area contributed by atoms with E-state index in [0.29, 0.717) is 0 Å². The van der Waals surface area contributed by atoms with Crippen LogP contribution in [0.5, 0.6) is 0 Å². The van der Waals surface area contributed by atoms with Crippen molar-refractivity contribution in [1.29, 1.82) is 0 Å². The van der Waals surface area contributed by atoms with Crippen molar-refractivity contribution in [2.45, 2.75) is 5.41 Å². The highest BCUT2D eigenvalue weighted by Crippen LogP contribution is 2.44. The number of benzene rings is 5. The summed E-state index contributed by atoms with van der Waals surface area (Å²) in [6, 6.07) is 55.3. The number of fused-ring (bicyclic) bond motifs is 3. The monoisotopic (exact) mass is 500 g/mol. The quantitative estimate of drug-likeness (QED) is 0.178. The van der Waals surface area contributed by atoms with Gasteiger partial charge in [0.2, 0.25) is 0 Å². The molecule has 0 aliphatic carbocycles. The Morgan fingerprint density at radius 2 is 0.615 bits per heavy atom. The summed E-state index contributed by atoms with van der Waals surface area (Å²) in [5.41, 5.74) is 6.73. The Kier molecular flexibility index (Phi) is 6.92. The summed E-state index contributed by atoms with van der Waals surface area (Å²) >= 11 is 0. The molecule has 7 rings (SSSR count). The Morgan fingerprint density at radius 3 is 0.923 bits per heavy atom. The molecule has 186 valence electrons. The van der Waals surface area contributed by atoms with Crippen LogP contribution >= 0.6 is 0 Å². The highest BCUT2D eigenvalue weighted by Gasteiger charge is 2.37. The highest BCUT2D eigenvalue weighted by molar-refractivity contribution is 6.02. The minimum Gasteiger partial charge on any atom is -0.254 e. The number of hydrogen-bond acceptors (Lipinski definition) is 2. The van der Waals surface area contributed by atoms with Gasteiger partial charge in [0.05, 0.1) is 16.4 Å². The molecule has 2 aromatic heterocycles. The molecule has 0 N–H and O–H groups in total. The zero-order valence-electron chi connectivity index (χ0n) is 21.6. The molecule has 39 heavy (non-hydrogen) atoms. The maximum Gasteiger partial charge on any atom is 0.0964 e. The lowest BCUT2D eigenvalue weighted by molar-refractivity contribution is 0.745. The fraction of sp³-hybridized carbons (Fsp3) is 0.0270. The summed E-state index contributed by atoms with van der Waals surface area (Å²) in [4.78, 5) is 8.69. The maximum atomic E-state index is 4.35. The van der Waals surface area contributed by atoms with E-state index in [1.807, 2.05) is 12.1 Å². The van der Waals surface area contributed by atoms with Gasteiger partial charge in [0.15, 0.2) is 0 Å². The van der Waals surface area contributed by atoms with Gasteiger partial charge in [-0.3, -0.25) is 9.97 Å². The van der Waals surface area contributed by atoms with Gasteiger partial charge in [-0.15, -0.1) is 0 Å². The Bertz CT molecular complexity index is 1560. The normalized spacial score (nSPS) is 11.1. The summed E-state index contributed by atoms with van der Waals surface area (Å²) < 4.78 is 0. The van der Waals surface area contributed by atoms with Crippen LogP contribution in [-0.2, 0) is 5.41 Å². The standard InChI is InChI=1S/C25H20.C12H8N2/c1-5-13-21(14-6-1)25(22-15-7-2-8-16-22,23-17-9-3-10-18-23)24-19-11-4-12-20-24;1-3-9-5-6-10-4-2-8-14-12(10)11(9)13-7-1/h1-20H;1-8H. The van der Waals surface area contributed by atoms with Crippen LogP contribution in [0.4, 0.5) is 0 Å². The van der Waals surface area contributed by atoms with Gasteiger partial charge in [-0.05, 0) is 34.4 Å². The Hall–Kier alpha value is -5.08. The first kappa shape index (κ1) is 24.3. The molecule has 7 aromatic rings. The van der Waals surface area contributed by atoms with E-state index in [9.17, 15) is 0 Å². The van der Waals surface area contributed by atoms with Crippen molar-refractivity contribution < 1.29 is 0 Å². The van der Waals surface area contributed by atoms with Gasteiger partial charge in [-0.2, -0.15) is 0 Å². The zero-order chi connectivity index (χ0) is 26.3. The topological polar surface area (TPSA) is 25.8 Å². The van der Waals surface area contributed by atoms with Crippen molar-refractivity contribution in [2.24, 2.45) is 0 Å². The van der Waals surface area contributed by atoms with E-state index in [0.717, 1.165) is 21.8 Å². The number of rotatable bonds is 4. The predicted molar refractivity (Wildman–Crippen MR) is 162 cm³/mol. The van der Waals surface area contributed by atoms with Crippen molar-refractivity contribution in [3.05, 3.63) is 192 Å². The average molecular weight is 501 g/mol. The van der Waals surface area contributed by atoms with Gasteiger partial charge in [-0.25, -0.2) is 0 Å². The Balaban J connectivity index is 0.000000166. The molecule has 0 radical (unpaired) electrons. The summed E-state index contributed by atoms with van der Waals surface area (Å²) in [5.74, 6) is 0. The molecule has 0 saturated carbocycles. The fourth-order valence-corrected chi connectivity index (χ4v) is 5.43. The van der Waals surface area contributed by atoms with Gasteiger partial charge >= 0.3 is 0 Å². The number of nitrogens with zero attached hydrogens (tertiary/aromatic N) is 2. The van der Waals surface area contributed by atoms with Crippen LogP contribution in [0.1, 0.15) is 22.3 Å². The second-order valence-corrected chi connectivity index (χ2v) is 9.43. The van der Waals surface area contributed by atoms with Crippen molar-refractivity contribution in [3.8, 4) is 0 Å². The molecule has 2 heterocycles. The van der Waals surface area contributed by atoms with Gasteiger partial charge in [0.1, 0.15) is 0 Å². The third-order valence-electron chi connectivity index (χ3n) is 7.17. The fourth-order valence-electron chi connectivity index (χ4n) is 5.43. The first-order valence-corrected chi connectivity index (χ1v) is 13.2. The van der Waals surface area contributed by atoms with Crippen LogP contribution in [0, 0.1) is 0 Å². The number of aromatic nitrogens is 2. The minimum absolute atomic E-state index is 0.328. The van der Waals surface area contributed by atoms with Crippen molar-refractivity contribution in [1.82, 2.24) is 9.97 Å². The summed E-state index contributed by atoms with van der Waals surface area (Å²) in [7, 11) is 0. The third-order valence-corrected chi connectivity index (χ3v) is 7.17. The lowest BCUT2D eigenvalue weighted by Crippen LogP contribution is -2.30. The van der Waals surface area contributed by atoms with Crippen LogP contribution in [0.3, 0.4) is 0 Å². The highest BCUT2D eigenvalue weighted by atomic mass is 14.7. The molecule has 0 aliphatic heterocycles. The SMILES string of the molecule is c1ccc(C(c2ccccc2)(c2ccccc2)c2ccccc2)cc1.c1cnc2c(c1)ccc1cccnc12. The molecule has 0 atom stereocenters. The van der Waals surface area contributed by atoms with E-state index in [2.05, 4.69) is 156 Å². The van der Waals surface area contributed by atoms with E-state index in [-0.39, 0.29) is 5.41 Å². The summed E-state index contributed by atoms with van der Waals surface area (Å²) in [6.07, 6.45) is 3.60. The van der Waals surface area contributed by atoms with E-state index < -0.39 is 0 Å². The Labute approximate surface area is 229 Å². The minimum atomic E-state index is -0.328. The molecule has 0 unspecified atom stereocenters. The van der Waals surface area contributed by atoms with Gasteiger partial charge in [0.25, 0.3) is 0 Å². The average Bonchev–Trinajstić information content (AvgIpc) is 3.04. The second-order valence-electron chi connectivity index (χ2n) is 9.43. The van der Waals surface area contributed by atoms with Crippen LogP contribution in [-0.4, -0.2) is 9.97 Å². The molecule has 0 spiro atoms. The van der Waals surface area contributed by atoms with Crippen LogP contribution in [0.25, 0.3) is 21.8 Å². The van der Waals surface area contributed by atoms with Crippen LogP contribution in [0.2, 0.25) is 0 Å². The van der Waals surface area contributed by atoms with Crippen molar-refractivity contribution >= 4 is 21.8 Å². The summed E-state index contributed by atoms with van der Waals surface area (Å²) in [5, 5.41) is 2.28. The third kappa shape index (κ3) is 4.69. The second kappa shape index (κ2) is 11.1. The van der Waals surface area contributed by atoms with Crippen molar-refractivity contribution in [2.75, 3.05) is 0 Å². The first-order chi connectivity index (χ1) is 19.4. The van der Waals surface area contributed by atoms with Gasteiger partial charge < -0.3 is 0 Å². The van der Waals surface area contributed by atoms with E-state index in [1.165, 1.54) is 22.3 Å². The van der Waals surface area contributed by atoms with Crippen LogP contribution in [0.15, 0.2) is 170 Å². The van der Waals surface area contributed by atoms with E-state index in [4.69, 9.17) is 0 Å². The first-order valence-electron chi connectivity index (χ1n) is 13.2. The zero-order valence-corrected chi connectivity index (χ0v) is 21.6. The number of pyridine rings is 2. The summed E-state index contributed by atoms with van der Waals surface area (Å²) in [6.45, 7) is 0. The smallest absolute Gasteiger partial charge is 0.0964 e. The van der Waals surface area contributed by atoms with Gasteiger partial charge in [0, 0.05) is 23.2 Å². The maximum absolute atomic E-state index is 4.35. The Morgan fingerprint density at radius 1 is 0.308 bits per heavy atom. The van der Waals surface area contributed by atoms with Crippen molar-refractivity contribution in [3.63, 3.8) is 0 Å². The molecular weight excluding hydrogens is 472 g/mol. The number of hydrogen-bond donors (Lipinski definition) is 0. The van der Waals surface area contributed by atoms with E-state index >= 15 is 0 Å². The molecule has 0 bridgehead atoms.